The van der Waals surface area contributed by atoms with Crippen molar-refractivity contribution in [1.29, 1.82) is 0 Å². The summed E-state index contributed by atoms with van der Waals surface area (Å²) in [6, 6.07) is 0. The van der Waals surface area contributed by atoms with Gasteiger partial charge in [-0.25, -0.2) is 0 Å². The van der Waals surface area contributed by atoms with E-state index in [1.807, 2.05) is 13.8 Å². The zero-order chi connectivity index (χ0) is 6.41. The topological polar surface area (TPSA) is 17.1 Å². The quantitative estimate of drug-likeness (QED) is 0.572. The molecule has 0 rings (SSSR count). The highest BCUT2D eigenvalue weighted by Gasteiger charge is 1.80. The summed E-state index contributed by atoms with van der Waals surface area (Å²) in [5.74, 6) is 0.0509. The summed E-state index contributed by atoms with van der Waals surface area (Å²) in [7, 11) is 0. The van der Waals surface area contributed by atoms with Gasteiger partial charge in [-0.15, -0.1) is 0 Å². The lowest BCUT2D eigenvalue weighted by Gasteiger charge is -1.75. The third-order valence-electron chi connectivity index (χ3n) is 0.662. The van der Waals surface area contributed by atoms with Crippen LogP contribution in [0.3, 0.4) is 0 Å². The maximum absolute atomic E-state index is 10.5. The van der Waals surface area contributed by atoms with Gasteiger partial charge in [0.05, 0.1) is 0 Å². The van der Waals surface area contributed by atoms with Gasteiger partial charge in [-0.2, -0.15) is 0 Å². The molecule has 0 fully saturated rings. The molecule has 0 N–H and O–H groups in total. The van der Waals surface area contributed by atoms with E-state index in [-0.39, 0.29) is 35.5 Å². The van der Waals surface area contributed by atoms with Gasteiger partial charge in [-0.05, 0) is 26.0 Å². The summed E-state index contributed by atoms with van der Waals surface area (Å²) in [6.07, 6.45) is 6.50. The molecular formula is C11H26O. The Balaban J connectivity index is -0.0000000408. The van der Waals surface area contributed by atoms with E-state index in [9.17, 15) is 4.79 Å². The first-order valence-electron chi connectivity index (χ1n) is 2.60. The van der Waals surface area contributed by atoms with Gasteiger partial charge in [0.1, 0.15) is 0 Å². The van der Waals surface area contributed by atoms with Gasteiger partial charge in [0.25, 0.3) is 0 Å². The van der Waals surface area contributed by atoms with Crippen LogP contribution in [0.4, 0.5) is 0 Å². The third-order valence-corrected chi connectivity index (χ3v) is 0.662. The molecule has 0 aliphatic heterocycles. The molecule has 0 amide bonds. The molecule has 0 atom stereocenters. The molecule has 0 spiro atoms. The lowest BCUT2D eigenvalue weighted by Crippen LogP contribution is -1.81. The van der Waals surface area contributed by atoms with Crippen LogP contribution in [0.2, 0.25) is 0 Å². The first-order chi connectivity index (χ1) is 3.81. The minimum absolute atomic E-state index is 0. The minimum Gasteiger partial charge on any atom is -0.290 e. The lowest BCUT2D eigenvalue weighted by atomic mass is 10.3. The van der Waals surface area contributed by atoms with Gasteiger partial charge >= 0.3 is 0 Å². The molecule has 0 heterocycles. The number of carbonyl (C=O) groups excluding carboxylic acids is 1. The second-order valence-electron chi connectivity index (χ2n) is 1.40. The van der Waals surface area contributed by atoms with E-state index in [1.165, 1.54) is 12.2 Å². The van der Waals surface area contributed by atoms with Crippen LogP contribution in [-0.4, -0.2) is 5.78 Å². The molecule has 0 aliphatic carbocycles. The normalized spacial score (nSPS) is 7.50. The predicted octanol–water partition coefficient (Wildman–Crippen LogP) is 4.25. The highest BCUT2D eigenvalue weighted by Crippen LogP contribution is 1.78. The smallest absolute Gasteiger partial charge is 0.177 e. The number of allylic oxidation sites excluding steroid dienone is 4. The second kappa shape index (κ2) is 22.5. The van der Waals surface area contributed by atoms with Crippen LogP contribution in [0.5, 0.6) is 0 Å². The fourth-order valence-electron chi connectivity index (χ4n) is 0.384. The second-order valence-corrected chi connectivity index (χ2v) is 1.40. The predicted molar refractivity (Wildman–Crippen MR) is 61.6 cm³/mol. The molecule has 0 radical (unpaired) electrons. The Morgan fingerprint density at radius 3 is 1.25 bits per heavy atom. The zero-order valence-electron chi connectivity index (χ0n) is 5.22. The highest BCUT2D eigenvalue weighted by molar-refractivity contribution is 5.98. The number of carbonyl (C=O) groups is 1. The summed E-state index contributed by atoms with van der Waals surface area (Å²) >= 11 is 0. The number of hydrogen-bond donors (Lipinski definition) is 0. The summed E-state index contributed by atoms with van der Waals surface area (Å²) in [6.45, 7) is 3.64. The van der Waals surface area contributed by atoms with E-state index < -0.39 is 0 Å². The summed E-state index contributed by atoms with van der Waals surface area (Å²) < 4.78 is 0. The Kier molecular flexibility index (Phi) is 56.9. The molecule has 1 nitrogen and oxygen atoms in total. The molecule has 0 bridgehead atoms. The Bertz CT molecular complexity index is 107. The third kappa shape index (κ3) is 22.9. The van der Waals surface area contributed by atoms with Crippen molar-refractivity contribution in [3.8, 4) is 0 Å². The largest absolute Gasteiger partial charge is 0.290 e. The standard InChI is InChI=1S/C7H10O.4CH4/c1-3-5-7(8)6-4-2;;;;/h3-6H,1-2H3;4*1H4. The number of rotatable bonds is 2. The van der Waals surface area contributed by atoms with Gasteiger partial charge in [0, 0.05) is 0 Å². The molecule has 0 aromatic heterocycles. The SMILES string of the molecule is C.C.C.C.CC=CC(=O)C=CC. The molecule has 12 heavy (non-hydrogen) atoms. The van der Waals surface area contributed by atoms with Crippen molar-refractivity contribution in [3.05, 3.63) is 24.3 Å². The fraction of sp³-hybridized carbons (Fsp3) is 0.545. The Labute approximate surface area is 79.2 Å². The molecule has 0 saturated heterocycles. The van der Waals surface area contributed by atoms with E-state index in [0.717, 1.165) is 0 Å². The maximum atomic E-state index is 10.5. The molecule has 1 heteroatoms. The van der Waals surface area contributed by atoms with Crippen molar-refractivity contribution in [2.24, 2.45) is 0 Å². The zero-order valence-corrected chi connectivity index (χ0v) is 5.22. The van der Waals surface area contributed by atoms with Crippen LogP contribution in [0.1, 0.15) is 43.6 Å². The van der Waals surface area contributed by atoms with Crippen molar-refractivity contribution in [2.45, 2.75) is 43.6 Å². The van der Waals surface area contributed by atoms with E-state index in [4.69, 9.17) is 0 Å². The molecule has 0 unspecified atom stereocenters. The molecular weight excluding hydrogens is 148 g/mol. The van der Waals surface area contributed by atoms with Crippen LogP contribution in [0.15, 0.2) is 24.3 Å². The summed E-state index contributed by atoms with van der Waals surface area (Å²) in [5, 5.41) is 0. The van der Waals surface area contributed by atoms with E-state index >= 15 is 0 Å². The lowest BCUT2D eigenvalue weighted by molar-refractivity contribution is -0.110. The maximum Gasteiger partial charge on any atom is 0.177 e. The summed E-state index contributed by atoms with van der Waals surface area (Å²) in [4.78, 5) is 10.5. The first kappa shape index (κ1) is 30.4. The Morgan fingerprint density at radius 2 is 1.08 bits per heavy atom. The number of ketones is 1. The highest BCUT2D eigenvalue weighted by atomic mass is 16.1. The van der Waals surface area contributed by atoms with Gasteiger partial charge in [0.2, 0.25) is 0 Å². The van der Waals surface area contributed by atoms with Crippen molar-refractivity contribution in [2.75, 3.05) is 0 Å². The van der Waals surface area contributed by atoms with Crippen molar-refractivity contribution in [1.82, 2.24) is 0 Å². The number of hydrogen-bond acceptors (Lipinski definition) is 1. The van der Waals surface area contributed by atoms with Crippen molar-refractivity contribution < 1.29 is 4.79 Å². The van der Waals surface area contributed by atoms with Gasteiger partial charge in [0.15, 0.2) is 5.78 Å². The first-order valence-corrected chi connectivity index (χ1v) is 2.60. The van der Waals surface area contributed by atoms with Crippen LogP contribution in [0.25, 0.3) is 0 Å². The molecule has 0 aromatic rings. The van der Waals surface area contributed by atoms with Crippen LogP contribution in [0, 0.1) is 0 Å². The fourth-order valence-corrected chi connectivity index (χ4v) is 0.384. The van der Waals surface area contributed by atoms with Crippen LogP contribution < -0.4 is 0 Å². The van der Waals surface area contributed by atoms with Gasteiger partial charge in [-0.3, -0.25) is 4.79 Å². The molecule has 76 valence electrons. The van der Waals surface area contributed by atoms with E-state index in [1.54, 1.807) is 12.2 Å². The summed E-state index contributed by atoms with van der Waals surface area (Å²) in [5.41, 5.74) is 0. The monoisotopic (exact) mass is 174 g/mol. The van der Waals surface area contributed by atoms with Crippen molar-refractivity contribution >= 4 is 5.78 Å². The van der Waals surface area contributed by atoms with E-state index in [2.05, 4.69) is 0 Å². The molecule has 0 aliphatic rings. The average molecular weight is 174 g/mol. The molecule has 0 saturated carbocycles. The Hall–Kier alpha value is -0.850. The van der Waals surface area contributed by atoms with Gasteiger partial charge in [-0.1, -0.05) is 41.9 Å². The molecule has 0 aromatic carbocycles. The van der Waals surface area contributed by atoms with E-state index in [0.29, 0.717) is 0 Å². The average Bonchev–Trinajstić information content (AvgIpc) is 1.68. The minimum atomic E-state index is 0. The van der Waals surface area contributed by atoms with Crippen molar-refractivity contribution in [3.63, 3.8) is 0 Å². The Morgan fingerprint density at radius 1 is 0.833 bits per heavy atom. The van der Waals surface area contributed by atoms with Gasteiger partial charge < -0.3 is 0 Å². The van der Waals surface area contributed by atoms with Crippen LogP contribution >= 0.6 is 0 Å². The van der Waals surface area contributed by atoms with Crippen LogP contribution in [-0.2, 0) is 4.79 Å².